The fourth-order valence-corrected chi connectivity index (χ4v) is 2.61. The molecule has 1 amide bonds. The summed E-state index contributed by atoms with van der Waals surface area (Å²) in [7, 11) is 0. The van der Waals surface area contributed by atoms with Crippen LogP contribution in [0.15, 0.2) is 30.3 Å². The summed E-state index contributed by atoms with van der Waals surface area (Å²) in [5, 5.41) is 14.0. The van der Waals surface area contributed by atoms with E-state index in [1.54, 1.807) is 6.92 Å². The molecule has 1 aliphatic rings. The normalized spacial score (nSPS) is 20.7. The van der Waals surface area contributed by atoms with Gasteiger partial charge in [-0.3, -0.25) is 4.79 Å². The Morgan fingerprint density at radius 2 is 2.25 bits per heavy atom. The molecule has 0 spiro atoms. The van der Waals surface area contributed by atoms with Gasteiger partial charge < -0.3 is 14.8 Å². The first kappa shape index (κ1) is 16.5. The maximum absolute atomic E-state index is 12.2. The number of ether oxygens (including phenoxy) is 2. The summed E-state index contributed by atoms with van der Waals surface area (Å²) < 4.78 is 12.9. The number of carbonyl (C=O) groups excluding carboxylic acids is 1. The van der Waals surface area contributed by atoms with E-state index in [4.69, 9.17) is 9.47 Å². The molecule has 24 heavy (non-hydrogen) atoms. The van der Waals surface area contributed by atoms with Gasteiger partial charge in [-0.25, -0.2) is 4.68 Å². The van der Waals surface area contributed by atoms with Crippen LogP contribution < -0.4 is 5.32 Å². The second-order valence-corrected chi connectivity index (χ2v) is 5.76. The molecule has 8 nitrogen and oxygen atoms in total. The Kier molecular flexibility index (Phi) is 5.50. The Balaban J connectivity index is 1.54. The van der Waals surface area contributed by atoms with Crippen LogP contribution in [0, 0.1) is 6.92 Å². The molecule has 2 aromatic rings. The average molecular weight is 331 g/mol. The van der Waals surface area contributed by atoms with E-state index < -0.39 is 0 Å². The second kappa shape index (κ2) is 7.98. The summed E-state index contributed by atoms with van der Waals surface area (Å²) in [5.74, 6) is 0.441. The van der Waals surface area contributed by atoms with Crippen molar-refractivity contribution in [3.63, 3.8) is 0 Å². The van der Waals surface area contributed by atoms with Gasteiger partial charge in [-0.05, 0) is 29.3 Å². The number of rotatable bonds is 6. The zero-order chi connectivity index (χ0) is 16.8. The van der Waals surface area contributed by atoms with Crippen LogP contribution in [-0.4, -0.2) is 51.5 Å². The van der Waals surface area contributed by atoms with E-state index in [9.17, 15) is 4.79 Å². The fourth-order valence-electron chi connectivity index (χ4n) is 2.61. The predicted octanol–water partition coefficient (Wildman–Crippen LogP) is 0.472. The maximum Gasteiger partial charge on any atom is 0.242 e. The van der Waals surface area contributed by atoms with Gasteiger partial charge >= 0.3 is 0 Å². The summed E-state index contributed by atoms with van der Waals surface area (Å²) >= 11 is 0. The first-order chi connectivity index (χ1) is 11.7. The number of carbonyl (C=O) groups is 1. The van der Waals surface area contributed by atoms with Crippen molar-refractivity contribution in [1.29, 1.82) is 0 Å². The van der Waals surface area contributed by atoms with Crippen LogP contribution in [0.5, 0.6) is 0 Å². The molecular weight excluding hydrogens is 310 g/mol. The van der Waals surface area contributed by atoms with Crippen LogP contribution in [-0.2, 0) is 27.4 Å². The number of aryl methyl sites for hydroxylation is 1. The van der Waals surface area contributed by atoms with E-state index in [0.717, 1.165) is 12.0 Å². The minimum absolute atomic E-state index is 0.0714. The summed E-state index contributed by atoms with van der Waals surface area (Å²) in [5.41, 5.74) is 1.11. The van der Waals surface area contributed by atoms with Gasteiger partial charge in [0.05, 0.1) is 25.4 Å². The number of tetrazole rings is 1. The number of aromatic nitrogens is 4. The third-order valence-electron chi connectivity index (χ3n) is 3.95. The highest BCUT2D eigenvalue weighted by molar-refractivity contribution is 5.76. The Bertz CT molecular complexity index is 661. The number of benzene rings is 1. The van der Waals surface area contributed by atoms with E-state index in [2.05, 4.69) is 20.8 Å². The summed E-state index contributed by atoms with van der Waals surface area (Å²) in [6, 6.07) is 9.81. The highest BCUT2D eigenvalue weighted by Crippen LogP contribution is 2.14. The molecule has 128 valence electrons. The van der Waals surface area contributed by atoms with E-state index in [0.29, 0.717) is 25.6 Å². The molecule has 1 saturated heterocycles. The van der Waals surface area contributed by atoms with Crippen molar-refractivity contribution < 1.29 is 14.3 Å². The quantitative estimate of drug-likeness (QED) is 0.827. The number of nitrogens with one attached hydrogen (secondary N) is 1. The number of hydrogen-bond donors (Lipinski definition) is 1. The fraction of sp³-hybridized carbons (Fsp3) is 0.500. The SMILES string of the molecule is Cc1nnnn1CC(=O)N[C@@H]1COCC[C@@H]1OCc1ccccc1. The lowest BCUT2D eigenvalue weighted by Gasteiger charge is -2.32. The molecule has 0 bridgehead atoms. The van der Waals surface area contributed by atoms with Crippen molar-refractivity contribution >= 4 is 5.91 Å². The van der Waals surface area contributed by atoms with E-state index in [1.165, 1.54) is 4.68 Å². The zero-order valence-corrected chi connectivity index (χ0v) is 13.6. The summed E-state index contributed by atoms with van der Waals surface area (Å²) in [4.78, 5) is 12.2. The average Bonchev–Trinajstić information content (AvgIpc) is 3.00. The lowest BCUT2D eigenvalue weighted by atomic mass is 10.1. The zero-order valence-electron chi connectivity index (χ0n) is 13.6. The van der Waals surface area contributed by atoms with Crippen molar-refractivity contribution in [1.82, 2.24) is 25.5 Å². The van der Waals surface area contributed by atoms with Crippen LogP contribution in [0.25, 0.3) is 0 Å². The van der Waals surface area contributed by atoms with Gasteiger partial charge in [-0.2, -0.15) is 0 Å². The second-order valence-electron chi connectivity index (χ2n) is 5.76. The topological polar surface area (TPSA) is 91.2 Å². The number of hydrogen-bond acceptors (Lipinski definition) is 6. The van der Waals surface area contributed by atoms with Gasteiger partial charge in [0.15, 0.2) is 0 Å². The molecular formula is C16H21N5O3. The monoisotopic (exact) mass is 331 g/mol. The van der Waals surface area contributed by atoms with E-state index in [-0.39, 0.29) is 24.6 Å². The molecule has 1 aromatic heterocycles. The van der Waals surface area contributed by atoms with Crippen molar-refractivity contribution in [2.45, 2.75) is 38.6 Å². The van der Waals surface area contributed by atoms with Gasteiger partial charge in [0.1, 0.15) is 12.4 Å². The minimum atomic E-state index is -0.174. The smallest absolute Gasteiger partial charge is 0.242 e. The Morgan fingerprint density at radius 1 is 1.42 bits per heavy atom. The van der Waals surface area contributed by atoms with Crippen molar-refractivity contribution in [2.75, 3.05) is 13.2 Å². The summed E-state index contributed by atoms with van der Waals surface area (Å²) in [6.07, 6.45) is 0.680. The highest BCUT2D eigenvalue weighted by Gasteiger charge is 2.28. The number of amides is 1. The van der Waals surface area contributed by atoms with Crippen LogP contribution in [0.4, 0.5) is 0 Å². The molecule has 0 unspecified atom stereocenters. The molecule has 1 aromatic carbocycles. The first-order valence-electron chi connectivity index (χ1n) is 7.98. The van der Waals surface area contributed by atoms with Gasteiger partial charge in [-0.1, -0.05) is 30.3 Å². The van der Waals surface area contributed by atoms with Crippen molar-refractivity contribution in [2.24, 2.45) is 0 Å². The lowest BCUT2D eigenvalue weighted by Crippen LogP contribution is -2.51. The van der Waals surface area contributed by atoms with E-state index >= 15 is 0 Å². The van der Waals surface area contributed by atoms with Crippen molar-refractivity contribution in [3.8, 4) is 0 Å². The molecule has 0 saturated carbocycles. The third kappa shape index (κ3) is 4.36. The molecule has 1 aliphatic heterocycles. The van der Waals surface area contributed by atoms with Gasteiger partial charge in [0, 0.05) is 6.61 Å². The number of nitrogens with zero attached hydrogens (tertiary/aromatic N) is 4. The Hall–Kier alpha value is -2.32. The molecule has 8 heteroatoms. The standard InChI is InChI=1S/C16H21N5O3/c1-12-18-19-20-21(12)9-16(22)17-14-11-23-8-7-15(14)24-10-13-5-3-2-4-6-13/h2-6,14-15H,7-11H2,1H3,(H,17,22)/t14-,15+/m1/s1. The molecule has 0 aliphatic carbocycles. The molecule has 1 fully saturated rings. The Labute approximate surface area is 140 Å². The third-order valence-corrected chi connectivity index (χ3v) is 3.95. The lowest BCUT2D eigenvalue weighted by molar-refractivity contribution is -0.127. The largest absolute Gasteiger partial charge is 0.379 e. The highest BCUT2D eigenvalue weighted by atomic mass is 16.5. The molecule has 2 heterocycles. The van der Waals surface area contributed by atoms with Crippen LogP contribution >= 0.6 is 0 Å². The van der Waals surface area contributed by atoms with Crippen LogP contribution in [0.2, 0.25) is 0 Å². The molecule has 1 N–H and O–H groups in total. The molecule has 0 radical (unpaired) electrons. The predicted molar refractivity (Wildman–Crippen MR) is 84.9 cm³/mol. The van der Waals surface area contributed by atoms with Crippen molar-refractivity contribution in [3.05, 3.63) is 41.7 Å². The minimum Gasteiger partial charge on any atom is -0.379 e. The molecule has 3 rings (SSSR count). The molecule has 2 atom stereocenters. The van der Waals surface area contributed by atoms with Gasteiger partial charge in [-0.15, -0.1) is 5.10 Å². The van der Waals surface area contributed by atoms with Gasteiger partial charge in [0.25, 0.3) is 0 Å². The van der Waals surface area contributed by atoms with Gasteiger partial charge in [0.2, 0.25) is 5.91 Å². The maximum atomic E-state index is 12.2. The van der Waals surface area contributed by atoms with Crippen LogP contribution in [0.1, 0.15) is 17.8 Å². The first-order valence-corrected chi connectivity index (χ1v) is 7.98. The Morgan fingerprint density at radius 3 is 3.00 bits per heavy atom. The summed E-state index contributed by atoms with van der Waals surface area (Å²) in [6.45, 7) is 3.44. The van der Waals surface area contributed by atoms with Crippen LogP contribution in [0.3, 0.4) is 0 Å². The van der Waals surface area contributed by atoms with E-state index in [1.807, 2.05) is 30.3 Å².